The van der Waals surface area contributed by atoms with E-state index in [1.54, 1.807) is 19.4 Å². The van der Waals surface area contributed by atoms with Crippen molar-refractivity contribution in [3.05, 3.63) is 47.0 Å². The Kier molecular flexibility index (Phi) is 4.23. The van der Waals surface area contributed by atoms with Gasteiger partial charge in [0.05, 0.1) is 25.2 Å². The number of ether oxygens (including phenoxy) is 2. The summed E-state index contributed by atoms with van der Waals surface area (Å²) in [4.78, 5) is 16.3. The smallest absolute Gasteiger partial charge is 0.353 e. The fraction of sp³-hybridized carbons (Fsp3) is 0.333. The van der Waals surface area contributed by atoms with Gasteiger partial charge in [-0.15, -0.1) is 0 Å². The van der Waals surface area contributed by atoms with Crippen LogP contribution in [0.4, 0.5) is 0 Å². The Morgan fingerprint density at radius 1 is 1.35 bits per heavy atom. The van der Waals surface area contributed by atoms with Crippen LogP contribution >= 0.6 is 0 Å². The topological polar surface area (TPSA) is 107 Å². The van der Waals surface area contributed by atoms with Crippen LogP contribution < -0.4 is 10.4 Å². The second kappa shape index (κ2) is 6.56. The zero-order valence-electron chi connectivity index (χ0n) is 14.0. The molecule has 136 valence electrons. The molecule has 8 heteroatoms. The van der Waals surface area contributed by atoms with Crippen molar-refractivity contribution in [2.75, 3.05) is 13.7 Å². The Hall–Kier alpha value is -2.68. The lowest BCUT2D eigenvalue weighted by Gasteiger charge is -2.13. The summed E-state index contributed by atoms with van der Waals surface area (Å²) in [6, 6.07) is 9.13. The molecule has 0 radical (unpaired) electrons. The van der Waals surface area contributed by atoms with E-state index in [2.05, 4.69) is 4.98 Å². The second-order valence-corrected chi connectivity index (χ2v) is 6.15. The van der Waals surface area contributed by atoms with Crippen molar-refractivity contribution in [2.45, 2.75) is 24.9 Å². The summed E-state index contributed by atoms with van der Waals surface area (Å²) >= 11 is 0. The molecule has 3 aromatic rings. The monoisotopic (exact) mass is 358 g/mol. The van der Waals surface area contributed by atoms with Gasteiger partial charge in [0.15, 0.2) is 0 Å². The van der Waals surface area contributed by atoms with E-state index in [1.165, 1.54) is 4.57 Å². The number of aromatic nitrogens is 2. The highest BCUT2D eigenvalue weighted by Crippen LogP contribution is 2.30. The summed E-state index contributed by atoms with van der Waals surface area (Å²) in [5, 5.41) is 19.7. The first kappa shape index (κ1) is 16.8. The van der Waals surface area contributed by atoms with Crippen molar-refractivity contribution < 1.29 is 24.1 Å². The van der Waals surface area contributed by atoms with Gasteiger partial charge >= 0.3 is 5.69 Å². The maximum absolute atomic E-state index is 12.3. The summed E-state index contributed by atoms with van der Waals surface area (Å²) in [5.41, 5.74) is 0.522. The van der Waals surface area contributed by atoms with E-state index in [-0.39, 0.29) is 18.7 Å². The minimum Gasteiger partial charge on any atom is -0.497 e. The second-order valence-electron chi connectivity index (χ2n) is 6.15. The molecule has 2 N–H and O–H groups in total. The van der Waals surface area contributed by atoms with E-state index in [0.29, 0.717) is 11.1 Å². The molecule has 3 heterocycles. The van der Waals surface area contributed by atoms with Crippen LogP contribution in [0.15, 0.2) is 45.7 Å². The minimum atomic E-state index is -0.827. The van der Waals surface area contributed by atoms with Gasteiger partial charge in [-0.1, -0.05) is 0 Å². The van der Waals surface area contributed by atoms with E-state index in [9.17, 15) is 15.0 Å². The third kappa shape index (κ3) is 2.88. The van der Waals surface area contributed by atoms with Gasteiger partial charge in [-0.3, -0.25) is 4.57 Å². The van der Waals surface area contributed by atoms with Gasteiger partial charge in [-0.05, 0) is 30.3 Å². The van der Waals surface area contributed by atoms with Gasteiger partial charge in [-0.25, -0.2) is 4.79 Å². The Bertz CT molecular complexity index is 978. The Labute approximate surface area is 148 Å². The number of nitrogens with zero attached hydrogens (tertiary/aromatic N) is 2. The van der Waals surface area contributed by atoms with Crippen LogP contribution in [0.3, 0.4) is 0 Å². The van der Waals surface area contributed by atoms with E-state index in [1.807, 2.05) is 24.3 Å². The number of hydrogen-bond acceptors (Lipinski definition) is 7. The van der Waals surface area contributed by atoms with Crippen LogP contribution in [0.5, 0.6) is 5.75 Å². The average Bonchev–Trinajstić information content (AvgIpc) is 3.23. The van der Waals surface area contributed by atoms with Crippen molar-refractivity contribution >= 4 is 11.1 Å². The number of benzene rings is 1. The molecule has 0 spiro atoms. The predicted molar refractivity (Wildman–Crippen MR) is 91.9 cm³/mol. The van der Waals surface area contributed by atoms with Crippen molar-refractivity contribution in [2.24, 2.45) is 0 Å². The third-order valence-electron chi connectivity index (χ3n) is 4.51. The van der Waals surface area contributed by atoms with Crippen molar-refractivity contribution in [1.29, 1.82) is 0 Å². The maximum atomic E-state index is 12.3. The zero-order chi connectivity index (χ0) is 18.3. The van der Waals surface area contributed by atoms with Gasteiger partial charge in [0, 0.05) is 18.2 Å². The molecule has 0 saturated carbocycles. The van der Waals surface area contributed by atoms with Crippen LogP contribution in [0.2, 0.25) is 0 Å². The molecule has 1 aliphatic rings. The molecule has 0 unspecified atom stereocenters. The number of furan rings is 1. The molecule has 8 nitrogen and oxygen atoms in total. The fourth-order valence-electron chi connectivity index (χ4n) is 3.08. The Balaban J connectivity index is 1.70. The highest BCUT2D eigenvalue weighted by molar-refractivity contribution is 5.79. The van der Waals surface area contributed by atoms with Crippen molar-refractivity contribution in [3.8, 4) is 17.1 Å². The molecule has 4 rings (SSSR count). The molecule has 26 heavy (non-hydrogen) atoms. The average molecular weight is 358 g/mol. The SMILES string of the molecule is COc1ccc(-c2cc3cn([C@H]4C[C@H](O)[C@@H](CO)O4)c(=O)nc3o2)cc1. The largest absolute Gasteiger partial charge is 0.497 e. The number of hydrogen-bond donors (Lipinski definition) is 2. The zero-order valence-corrected chi connectivity index (χ0v) is 14.0. The lowest BCUT2D eigenvalue weighted by atomic mass is 10.1. The molecular formula is C18H18N2O6. The predicted octanol–water partition coefficient (Wildman–Crippen LogP) is 1.31. The van der Waals surface area contributed by atoms with E-state index in [4.69, 9.17) is 13.9 Å². The standard InChI is InChI=1S/C18H18N2O6/c1-24-12-4-2-10(3-5-12)14-6-11-8-20(18(23)19-17(11)26-14)16-7-13(22)15(9-21)25-16/h2-6,8,13,15-16,21-22H,7,9H2,1H3/t13-,15+,16+/m0/s1. The van der Waals surface area contributed by atoms with Crippen LogP contribution in [0, 0.1) is 0 Å². The van der Waals surface area contributed by atoms with E-state index in [0.717, 1.165) is 11.3 Å². The molecular weight excluding hydrogens is 340 g/mol. The van der Waals surface area contributed by atoms with Gasteiger partial charge in [0.1, 0.15) is 23.8 Å². The number of rotatable bonds is 4. The molecule has 3 atom stereocenters. The summed E-state index contributed by atoms with van der Waals surface area (Å²) in [6.45, 7) is -0.310. The Morgan fingerprint density at radius 3 is 2.77 bits per heavy atom. The van der Waals surface area contributed by atoms with Crippen LogP contribution in [-0.2, 0) is 4.74 Å². The Morgan fingerprint density at radius 2 is 2.12 bits per heavy atom. The molecule has 1 fully saturated rings. The quantitative estimate of drug-likeness (QED) is 0.724. The number of fused-ring (bicyclic) bond motifs is 1. The summed E-state index contributed by atoms with van der Waals surface area (Å²) in [5.74, 6) is 1.31. The molecule has 0 bridgehead atoms. The number of aliphatic hydroxyl groups excluding tert-OH is 2. The molecule has 2 aromatic heterocycles. The maximum Gasteiger partial charge on any atom is 0.353 e. The van der Waals surface area contributed by atoms with E-state index >= 15 is 0 Å². The van der Waals surface area contributed by atoms with Crippen molar-refractivity contribution in [1.82, 2.24) is 9.55 Å². The first-order chi connectivity index (χ1) is 12.6. The summed E-state index contributed by atoms with van der Waals surface area (Å²) in [7, 11) is 1.60. The van der Waals surface area contributed by atoms with Gasteiger partial charge < -0.3 is 24.1 Å². The van der Waals surface area contributed by atoms with Gasteiger partial charge in [0.25, 0.3) is 0 Å². The lowest BCUT2D eigenvalue weighted by molar-refractivity contribution is -0.0457. The summed E-state index contributed by atoms with van der Waals surface area (Å²) < 4.78 is 17.7. The normalized spacial score (nSPS) is 22.8. The summed E-state index contributed by atoms with van der Waals surface area (Å²) in [6.07, 6.45) is -0.403. The van der Waals surface area contributed by atoms with Crippen LogP contribution in [0.1, 0.15) is 12.6 Å². The third-order valence-corrected chi connectivity index (χ3v) is 4.51. The first-order valence-corrected chi connectivity index (χ1v) is 8.20. The first-order valence-electron chi connectivity index (χ1n) is 8.20. The molecule has 1 aliphatic heterocycles. The number of methoxy groups -OCH3 is 1. The van der Waals surface area contributed by atoms with Gasteiger partial charge in [-0.2, -0.15) is 4.98 Å². The molecule has 0 amide bonds. The lowest BCUT2D eigenvalue weighted by Crippen LogP contribution is -2.27. The minimum absolute atomic E-state index is 0.210. The van der Waals surface area contributed by atoms with Crippen LogP contribution in [0.25, 0.3) is 22.4 Å². The van der Waals surface area contributed by atoms with Crippen LogP contribution in [-0.4, -0.2) is 45.7 Å². The van der Waals surface area contributed by atoms with Gasteiger partial charge in [0.2, 0.25) is 5.71 Å². The van der Waals surface area contributed by atoms with E-state index < -0.39 is 24.1 Å². The highest BCUT2D eigenvalue weighted by atomic mass is 16.5. The number of aliphatic hydroxyl groups is 2. The molecule has 0 aliphatic carbocycles. The highest BCUT2D eigenvalue weighted by Gasteiger charge is 2.35. The molecule has 1 saturated heterocycles. The fourth-order valence-corrected chi connectivity index (χ4v) is 3.08. The molecule has 1 aromatic carbocycles. The van der Waals surface area contributed by atoms with Crippen molar-refractivity contribution in [3.63, 3.8) is 0 Å².